The van der Waals surface area contributed by atoms with Crippen LogP contribution in [-0.2, 0) is 11.2 Å². The number of methoxy groups -OCH3 is 1. The summed E-state index contributed by atoms with van der Waals surface area (Å²) in [7, 11) is 1.65. The van der Waals surface area contributed by atoms with Crippen molar-refractivity contribution in [2.24, 2.45) is 5.92 Å². The molecule has 2 N–H and O–H groups in total. The van der Waals surface area contributed by atoms with Crippen LogP contribution in [0.15, 0.2) is 28.8 Å². The van der Waals surface area contributed by atoms with Gasteiger partial charge in [-0.15, -0.1) is 0 Å². The highest BCUT2D eigenvalue weighted by molar-refractivity contribution is 5.39. The van der Waals surface area contributed by atoms with Crippen LogP contribution in [0.1, 0.15) is 37.2 Å². The van der Waals surface area contributed by atoms with Crippen molar-refractivity contribution < 1.29 is 9.26 Å². The molecule has 0 amide bonds. The molecule has 0 spiro atoms. The number of ether oxygens (including phenoxy) is 1. The Bertz CT molecular complexity index is 520. The topological polar surface area (TPSA) is 74.2 Å². The van der Waals surface area contributed by atoms with E-state index in [1.807, 2.05) is 24.3 Å². The van der Waals surface area contributed by atoms with Gasteiger partial charge in [0.05, 0.1) is 6.42 Å². The summed E-state index contributed by atoms with van der Waals surface area (Å²) in [6.07, 6.45) is 0.464. The highest BCUT2D eigenvalue weighted by Gasteiger charge is 2.21. The summed E-state index contributed by atoms with van der Waals surface area (Å²) in [5.41, 5.74) is 7.48. The van der Waals surface area contributed by atoms with Crippen molar-refractivity contribution in [3.8, 4) is 0 Å². The maximum absolute atomic E-state index is 5.65. The predicted molar refractivity (Wildman–Crippen MR) is 72.5 cm³/mol. The zero-order chi connectivity index (χ0) is 13.8. The molecule has 1 heterocycles. The first-order valence-corrected chi connectivity index (χ1v) is 6.30. The number of anilines is 1. The minimum atomic E-state index is -0.135. The van der Waals surface area contributed by atoms with Crippen molar-refractivity contribution in [1.82, 2.24) is 10.1 Å². The third kappa shape index (κ3) is 3.32. The Kier molecular flexibility index (Phi) is 4.16. The van der Waals surface area contributed by atoms with E-state index in [2.05, 4.69) is 24.0 Å². The van der Waals surface area contributed by atoms with E-state index in [0.29, 0.717) is 24.1 Å². The Morgan fingerprint density at radius 1 is 1.26 bits per heavy atom. The van der Waals surface area contributed by atoms with Gasteiger partial charge in [-0.25, -0.2) is 0 Å². The number of hydrogen-bond donors (Lipinski definition) is 1. The molecular weight excluding hydrogens is 242 g/mol. The van der Waals surface area contributed by atoms with Crippen LogP contribution >= 0.6 is 0 Å². The maximum Gasteiger partial charge on any atom is 0.231 e. The molecule has 0 bridgehead atoms. The van der Waals surface area contributed by atoms with Crippen LogP contribution < -0.4 is 5.73 Å². The second kappa shape index (κ2) is 5.84. The molecule has 19 heavy (non-hydrogen) atoms. The zero-order valence-electron chi connectivity index (χ0n) is 11.5. The van der Waals surface area contributed by atoms with Gasteiger partial charge in [0, 0.05) is 12.8 Å². The predicted octanol–water partition coefficient (Wildman–Crippen LogP) is 2.59. The highest BCUT2D eigenvalue weighted by atomic mass is 16.5. The van der Waals surface area contributed by atoms with Gasteiger partial charge >= 0.3 is 0 Å². The van der Waals surface area contributed by atoms with Gasteiger partial charge in [0.25, 0.3) is 0 Å². The number of benzene rings is 1. The molecule has 0 saturated carbocycles. The third-order valence-corrected chi connectivity index (χ3v) is 2.93. The Morgan fingerprint density at radius 3 is 2.53 bits per heavy atom. The molecule has 0 aliphatic carbocycles. The van der Waals surface area contributed by atoms with Crippen LogP contribution in [-0.4, -0.2) is 17.3 Å². The van der Waals surface area contributed by atoms with E-state index in [1.165, 1.54) is 0 Å². The van der Waals surface area contributed by atoms with Crippen LogP contribution in [0.2, 0.25) is 0 Å². The van der Waals surface area contributed by atoms with E-state index in [1.54, 1.807) is 7.11 Å². The molecule has 102 valence electrons. The molecule has 0 radical (unpaired) electrons. The number of rotatable bonds is 5. The first kappa shape index (κ1) is 13.5. The first-order valence-electron chi connectivity index (χ1n) is 6.30. The van der Waals surface area contributed by atoms with Crippen molar-refractivity contribution in [2.45, 2.75) is 26.4 Å². The molecule has 1 unspecified atom stereocenters. The fourth-order valence-electron chi connectivity index (χ4n) is 1.94. The second-order valence-corrected chi connectivity index (χ2v) is 4.86. The van der Waals surface area contributed by atoms with E-state index in [4.69, 9.17) is 15.0 Å². The van der Waals surface area contributed by atoms with E-state index in [0.717, 1.165) is 11.3 Å². The molecule has 0 aliphatic heterocycles. The smallest absolute Gasteiger partial charge is 0.231 e. The number of nitrogens with two attached hydrogens (primary N) is 1. The molecule has 2 aromatic rings. The van der Waals surface area contributed by atoms with Crippen molar-refractivity contribution in [3.63, 3.8) is 0 Å². The fraction of sp³-hybridized carbons (Fsp3) is 0.429. The minimum absolute atomic E-state index is 0.135. The van der Waals surface area contributed by atoms with Gasteiger partial charge in [0.1, 0.15) is 6.10 Å². The van der Waals surface area contributed by atoms with E-state index >= 15 is 0 Å². The summed E-state index contributed by atoms with van der Waals surface area (Å²) in [6.45, 7) is 4.12. The van der Waals surface area contributed by atoms with Crippen LogP contribution in [0.25, 0.3) is 0 Å². The molecule has 1 aromatic heterocycles. The van der Waals surface area contributed by atoms with Crippen LogP contribution in [0.5, 0.6) is 0 Å². The molecule has 5 nitrogen and oxygen atoms in total. The summed E-state index contributed by atoms with van der Waals surface area (Å²) in [6, 6.07) is 7.63. The molecule has 0 saturated heterocycles. The van der Waals surface area contributed by atoms with Gasteiger partial charge in [0.15, 0.2) is 0 Å². The number of hydrogen-bond acceptors (Lipinski definition) is 5. The van der Waals surface area contributed by atoms with Gasteiger partial charge in [-0.2, -0.15) is 4.98 Å². The highest BCUT2D eigenvalue weighted by Crippen LogP contribution is 2.22. The van der Waals surface area contributed by atoms with Gasteiger partial charge in [-0.05, 0) is 23.6 Å². The third-order valence-electron chi connectivity index (χ3n) is 2.93. The Hall–Kier alpha value is -1.88. The normalized spacial score (nSPS) is 12.8. The first-order chi connectivity index (χ1) is 9.10. The monoisotopic (exact) mass is 261 g/mol. The maximum atomic E-state index is 5.65. The van der Waals surface area contributed by atoms with E-state index < -0.39 is 0 Å². The van der Waals surface area contributed by atoms with Gasteiger partial charge < -0.3 is 15.0 Å². The lowest BCUT2D eigenvalue weighted by Crippen LogP contribution is -2.10. The lowest BCUT2D eigenvalue weighted by molar-refractivity contribution is 0.0555. The molecule has 5 heteroatoms. The summed E-state index contributed by atoms with van der Waals surface area (Å²) in [5.74, 6) is 1.48. The van der Waals surface area contributed by atoms with E-state index in [-0.39, 0.29) is 6.10 Å². The standard InChI is InChI=1S/C14H19N3O2/c1-9(2)13(18-3)14-16-12(19-17-14)8-10-4-6-11(15)7-5-10/h4-7,9,13H,8,15H2,1-3H3. The zero-order valence-corrected chi connectivity index (χ0v) is 11.5. The van der Waals surface area contributed by atoms with Crippen molar-refractivity contribution in [2.75, 3.05) is 12.8 Å². The lowest BCUT2D eigenvalue weighted by atomic mass is 10.1. The average Bonchev–Trinajstić information content (AvgIpc) is 2.81. The quantitative estimate of drug-likeness (QED) is 0.837. The summed E-state index contributed by atoms with van der Waals surface area (Å²) < 4.78 is 10.6. The van der Waals surface area contributed by atoms with Crippen molar-refractivity contribution >= 4 is 5.69 Å². The average molecular weight is 261 g/mol. The van der Waals surface area contributed by atoms with Crippen LogP contribution in [0.4, 0.5) is 5.69 Å². The minimum Gasteiger partial charge on any atom is -0.399 e. The largest absolute Gasteiger partial charge is 0.399 e. The molecule has 0 aliphatic rings. The van der Waals surface area contributed by atoms with Crippen molar-refractivity contribution in [3.05, 3.63) is 41.5 Å². The lowest BCUT2D eigenvalue weighted by Gasteiger charge is -2.14. The number of nitrogen functional groups attached to an aromatic ring is 1. The number of aromatic nitrogens is 2. The summed E-state index contributed by atoms with van der Waals surface area (Å²) in [5, 5.41) is 3.99. The molecule has 1 aromatic carbocycles. The van der Waals surface area contributed by atoms with Gasteiger partial charge in [-0.1, -0.05) is 31.1 Å². The SMILES string of the molecule is COC(c1noc(Cc2ccc(N)cc2)n1)C(C)C. The Balaban J connectivity index is 2.10. The van der Waals surface area contributed by atoms with Crippen LogP contribution in [0.3, 0.4) is 0 Å². The van der Waals surface area contributed by atoms with Gasteiger partial charge in [-0.3, -0.25) is 0 Å². The molecule has 0 fully saturated rings. The Labute approximate surface area is 112 Å². The summed E-state index contributed by atoms with van der Waals surface area (Å²) in [4.78, 5) is 4.39. The van der Waals surface area contributed by atoms with Gasteiger partial charge in [0.2, 0.25) is 11.7 Å². The fourth-order valence-corrected chi connectivity index (χ4v) is 1.94. The molecule has 2 rings (SSSR count). The van der Waals surface area contributed by atoms with Crippen LogP contribution in [0, 0.1) is 5.92 Å². The summed E-state index contributed by atoms with van der Waals surface area (Å²) >= 11 is 0. The van der Waals surface area contributed by atoms with Crippen molar-refractivity contribution in [1.29, 1.82) is 0 Å². The molecule has 1 atom stereocenters. The van der Waals surface area contributed by atoms with E-state index in [9.17, 15) is 0 Å². The Morgan fingerprint density at radius 2 is 1.95 bits per heavy atom. The molecular formula is C14H19N3O2. The second-order valence-electron chi connectivity index (χ2n) is 4.86. The number of nitrogens with zero attached hydrogens (tertiary/aromatic N) is 2.